The van der Waals surface area contributed by atoms with Crippen molar-refractivity contribution in [2.75, 3.05) is 42.9 Å². The number of hydrogen-bond donors (Lipinski definition) is 3. The first kappa shape index (κ1) is 25.4. The number of carbonyl (C=O) groups excluding carboxylic acids is 2. The van der Waals surface area contributed by atoms with Crippen molar-refractivity contribution in [3.05, 3.63) is 89.2 Å². The summed E-state index contributed by atoms with van der Waals surface area (Å²) in [5, 5.41) is 13.2. The number of primary amides is 1. The molecule has 2 aliphatic heterocycles. The van der Waals surface area contributed by atoms with Crippen LogP contribution in [0.25, 0.3) is 0 Å². The van der Waals surface area contributed by atoms with E-state index in [9.17, 15) is 27.9 Å². The van der Waals surface area contributed by atoms with Crippen molar-refractivity contribution in [1.82, 2.24) is 4.90 Å². The second kappa shape index (κ2) is 9.92. The zero-order valence-corrected chi connectivity index (χ0v) is 20.5. The van der Waals surface area contributed by atoms with E-state index in [0.717, 1.165) is 11.8 Å². The highest BCUT2D eigenvalue weighted by atomic mass is 19.1. The quantitative estimate of drug-likeness (QED) is 0.439. The number of phenols is 1. The van der Waals surface area contributed by atoms with Gasteiger partial charge in [0.25, 0.3) is 5.91 Å². The molecule has 0 aliphatic carbocycles. The van der Waals surface area contributed by atoms with E-state index in [1.54, 1.807) is 23.1 Å². The van der Waals surface area contributed by atoms with Crippen LogP contribution in [0.1, 0.15) is 15.9 Å². The third kappa shape index (κ3) is 5.11. The molecule has 2 amide bonds. The molecule has 10 heteroatoms. The van der Waals surface area contributed by atoms with Crippen LogP contribution >= 0.6 is 0 Å². The van der Waals surface area contributed by atoms with Gasteiger partial charge in [0.05, 0.1) is 12.0 Å². The average molecular weight is 525 g/mol. The SMILES string of the molecule is NC(=O)c1cc(CC(=O)N2CC(CNc3ccc(F)cc3)C3(C2)CN(c2cc(F)cc(F)c2)C3)ccc1O. The maximum atomic E-state index is 13.8. The highest BCUT2D eigenvalue weighted by molar-refractivity contribution is 5.96. The molecule has 38 heavy (non-hydrogen) atoms. The van der Waals surface area contributed by atoms with E-state index in [2.05, 4.69) is 5.32 Å². The summed E-state index contributed by atoms with van der Waals surface area (Å²) in [6, 6.07) is 13.8. The van der Waals surface area contributed by atoms with Crippen LogP contribution in [0.15, 0.2) is 60.7 Å². The molecule has 0 bridgehead atoms. The molecular formula is C28H27F3N4O3. The van der Waals surface area contributed by atoms with Gasteiger partial charge >= 0.3 is 0 Å². The van der Waals surface area contributed by atoms with Gasteiger partial charge in [0, 0.05) is 61.5 Å². The molecule has 7 nitrogen and oxygen atoms in total. The molecule has 1 unspecified atom stereocenters. The van der Waals surface area contributed by atoms with Crippen molar-refractivity contribution in [2.45, 2.75) is 6.42 Å². The van der Waals surface area contributed by atoms with Crippen LogP contribution < -0.4 is 16.0 Å². The van der Waals surface area contributed by atoms with Crippen molar-refractivity contribution < 1.29 is 27.9 Å². The number of halogens is 3. The molecule has 3 aromatic carbocycles. The van der Waals surface area contributed by atoms with Crippen molar-refractivity contribution in [3.8, 4) is 5.75 Å². The Labute approximate surface area is 217 Å². The number of carbonyl (C=O) groups is 2. The van der Waals surface area contributed by atoms with E-state index in [-0.39, 0.29) is 40.8 Å². The predicted molar refractivity (Wildman–Crippen MR) is 136 cm³/mol. The normalized spacial score (nSPS) is 17.9. The van der Waals surface area contributed by atoms with E-state index >= 15 is 0 Å². The molecule has 1 atom stereocenters. The molecule has 2 heterocycles. The molecule has 2 saturated heterocycles. The Morgan fingerprint density at radius 2 is 1.63 bits per heavy atom. The second-order valence-corrected chi connectivity index (χ2v) is 10.1. The molecular weight excluding hydrogens is 497 g/mol. The predicted octanol–water partition coefficient (Wildman–Crippen LogP) is 3.53. The summed E-state index contributed by atoms with van der Waals surface area (Å²) in [6.45, 7) is 2.46. The molecule has 1 spiro atoms. The zero-order chi connectivity index (χ0) is 27.0. The van der Waals surface area contributed by atoms with Crippen LogP contribution in [0.4, 0.5) is 24.5 Å². The van der Waals surface area contributed by atoms with Gasteiger partial charge in [-0.15, -0.1) is 0 Å². The van der Waals surface area contributed by atoms with Gasteiger partial charge in [-0.1, -0.05) is 6.07 Å². The minimum atomic E-state index is -0.785. The molecule has 0 saturated carbocycles. The fourth-order valence-corrected chi connectivity index (χ4v) is 5.47. The van der Waals surface area contributed by atoms with Gasteiger partial charge in [0.2, 0.25) is 5.91 Å². The fourth-order valence-electron chi connectivity index (χ4n) is 5.47. The smallest absolute Gasteiger partial charge is 0.252 e. The highest BCUT2D eigenvalue weighted by Crippen LogP contribution is 2.46. The number of likely N-dealkylation sites (tertiary alicyclic amines) is 1. The summed E-state index contributed by atoms with van der Waals surface area (Å²) in [5.74, 6) is -2.80. The van der Waals surface area contributed by atoms with Gasteiger partial charge in [0.15, 0.2) is 0 Å². The van der Waals surface area contributed by atoms with Gasteiger partial charge in [-0.2, -0.15) is 0 Å². The van der Waals surface area contributed by atoms with Crippen LogP contribution in [0.3, 0.4) is 0 Å². The Bertz CT molecular complexity index is 1360. The van der Waals surface area contributed by atoms with Crippen LogP contribution in [-0.4, -0.2) is 54.5 Å². The van der Waals surface area contributed by atoms with Crippen molar-refractivity contribution in [2.24, 2.45) is 17.1 Å². The summed E-state index contributed by atoms with van der Waals surface area (Å²) < 4.78 is 40.9. The standard InChI is InChI=1S/C28H27F3N4O3/c29-19-2-4-22(5-3-19)33-12-18-13-34(26(37)8-17-1-6-25(36)24(7-17)27(32)38)14-28(18)15-35(16-28)23-10-20(30)9-21(31)11-23/h1-7,9-11,18,33,36H,8,12-16H2,(H2,32,38). The third-order valence-electron chi connectivity index (χ3n) is 7.47. The number of anilines is 2. The van der Waals surface area contributed by atoms with E-state index < -0.39 is 17.5 Å². The topological polar surface area (TPSA) is 98.9 Å². The number of benzene rings is 3. The van der Waals surface area contributed by atoms with Crippen molar-refractivity contribution in [1.29, 1.82) is 0 Å². The number of rotatable bonds is 7. The van der Waals surface area contributed by atoms with Crippen LogP contribution in [-0.2, 0) is 11.2 Å². The van der Waals surface area contributed by atoms with Gasteiger partial charge in [0.1, 0.15) is 23.2 Å². The first-order chi connectivity index (χ1) is 18.1. The van der Waals surface area contributed by atoms with Gasteiger partial charge in [-0.25, -0.2) is 13.2 Å². The first-order valence-electron chi connectivity index (χ1n) is 12.2. The summed E-state index contributed by atoms with van der Waals surface area (Å²) in [6.07, 6.45) is 0.0214. The van der Waals surface area contributed by atoms with Crippen LogP contribution in [0, 0.1) is 28.8 Å². The Morgan fingerprint density at radius 1 is 0.947 bits per heavy atom. The van der Waals surface area contributed by atoms with E-state index in [4.69, 9.17) is 5.73 Å². The molecule has 198 valence electrons. The summed E-state index contributed by atoms with van der Waals surface area (Å²) in [7, 11) is 0. The average Bonchev–Trinajstić information content (AvgIpc) is 3.23. The molecule has 4 N–H and O–H groups in total. The summed E-state index contributed by atoms with van der Waals surface area (Å²) in [5.41, 5.74) is 6.70. The Balaban J connectivity index is 1.32. The van der Waals surface area contributed by atoms with E-state index in [0.29, 0.717) is 44.0 Å². The van der Waals surface area contributed by atoms with E-state index in [1.165, 1.54) is 36.4 Å². The maximum Gasteiger partial charge on any atom is 0.252 e. The monoisotopic (exact) mass is 524 g/mol. The minimum Gasteiger partial charge on any atom is -0.507 e. The molecule has 3 aromatic rings. The minimum absolute atomic E-state index is 0.0205. The van der Waals surface area contributed by atoms with Crippen LogP contribution in [0.5, 0.6) is 5.75 Å². The second-order valence-electron chi connectivity index (χ2n) is 10.1. The lowest BCUT2D eigenvalue weighted by atomic mass is 9.71. The number of aromatic hydroxyl groups is 1. The lowest BCUT2D eigenvalue weighted by Crippen LogP contribution is -2.61. The van der Waals surface area contributed by atoms with Crippen LogP contribution in [0.2, 0.25) is 0 Å². The lowest BCUT2D eigenvalue weighted by molar-refractivity contribution is -0.130. The largest absolute Gasteiger partial charge is 0.507 e. The number of nitrogens with zero attached hydrogens (tertiary/aromatic N) is 2. The van der Waals surface area contributed by atoms with Gasteiger partial charge < -0.3 is 26.0 Å². The number of nitrogens with one attached hydrogen (secondary N) is 1. The third-order valence-corrected chi connectivity index (χ3v) is 7.47. The number of amides is 2. The summed E-state index contributed by atoms with van der Waals surface area (Å²) in [4.78, 5) is 28.5. The molecule has 2 aliphatic rings. The van der Waals surface area contributed by atoms with Gasteiger partial charge in [-0.05, 0) is 54.1 Å². The van der Waals surface area contributed by atoms with Crippen molar-refractivity contribution in [3.63, 3.8) is 0 Å². The Hall–Kier alpha value is -4.21. The van der Waals surface area contributed by atoms with Gasteiger partial charge in [-0.3, -0.25) is 9.59 Å². The number of hydrogen-bond acceptors (Lipinski definition) is 5. The fraction of sp³-hybridized carbons (Fsp3) is 0.286. The number of nitrogens with two attached hydrogens (primary N) is 1. The summed E-state index contributed by atoms with van der Waals surface area (Å²) >= 11 is 0. The Kier molecular flexibility index (Phi) is 6.64. The molecule has 5 rings (SSSR count). The highest BCUT2D eigenvalue weighted by Gasteiger charge is 2.55. The maximum absolute atomic E-state index is 13.8. The molecule has 2 fully saturated rings. The first-order valence-corrected chi connectivity index (χ1v) is 12.2. The molecule has 0 radical (unpaired) electrons. The molecule has 0 aromatic heterocycles. The van der Waals surface area contributed by atoms with Crippen molar-refractivity contribution >= 4 is 23.2 Å². The van der Waals surface area contributed by atoms with E-state index in [1.807, 2.05) is 4.90 Å². The zero-order valence-electron chi connectivity index (χ0n) is 20.5. The lowest BCUT2D eigenvalue weighted by Gasteiger charge is -2.52. The Morgan fingerprint density at radius 3 is 2.29 bits per heavy atom.